The molecule has 158 valence electrons. The van der Waals surface area contributed by atoms with Gasteiger partial charge in [-0.15, -0.1) is 0 Å². The molecule has 0 saturated carbocycles. The number of carbonyl (C=O) groups is 1. The van der Waals surface area contributed by atoms with Crippen molar-refractivity contribution in [1.82, 2.24) is 4.57 Å². The van der Waals surface area contributed by atoms with E-state index < -0.39 is 0 Å². The number of fused-ring (bicyclic) bond motifs is 1. The predicted octanol–water partition coefficient (Wildman–Crippen LogP) is 6.80. The van der Waals surface area contributed by atoms with E-state index >= 15 is 0 Å². The first-order valence-corrected chi connectivity index (χ1v) is 11.0. The van der Waals surface area contributed by atoms with E-state index in [1.54, 1.807) is 0 Å². The fourth-order valence-corrected chi connectivity index (χ4v) is 4.26. The average Bonchev–Trinajstić information content (AvgIpc) is 3.29. The molecule has 0 unspecified atom stereocenters. The van der Waals surface area contributed by atoms with E-state index in [4.69, 9.17) is 23.2 Å². The van der Waals surface area contributed by atoms with Crippen molar-refractivity contribution < 1.29 is 4.79 Å². The molecule has 1 amide bonds. The summed E-state index contributed by atoms with van der Waals surface area (Å²) in [5, 5.41) is 8.08. The van der Waals surface area contributed by atoms with Gasteiger partial charge in [0.05, 0.1) is 27.0 Å². The molecule has 4 aromatic rings. The van der Waals surface area contributed by atoms with E-state index in [9.17, 15) is 4.79 Å². The van der Waals surface area contributed by atoms with Crippen molar-refractivity contribution in [2.24, 2.45) is 5.10 Å². The number of anilines is 1. The molecule has 0 atom stereocenters. The lowest BCUT2D eigenvalue weighted by Gasteiger charge is -2.10. The number of para-hydroxylation sites is 2. The van der Waals surface area contributed by atoms with Gasteiger partial charge in [-0.3, -0.25) is 4.79 Å². The smallest absolute Gasteiger partial charge is 0.280 e. The zero-order valence-electron chi connectivity index (χ0n) is 17.3. The maximum absolute atomic E-state index is 13.1. The quantitative estimate of drug-likeness (QED) is 0.309. The van der Waals surface area contributed by atoms with Crippen molar-refractivity contribution in [2.45, 2.75) is 13.5 Å². The molecule has 0 spiro atoms. The van der Waals surface area contributed by atoms with E-state index in [0.717, 1.165) is 27.7 Å². The second kappa shape index (κ2) is 8.30. The summed E-state index contributed by atoms with van der Waals surface area (Å²) in [6.45, 7) is 2.50. The Bertz CT molecular complexity index is 1400. The van der Waals surface area contributed by atoms with Crippen LogP contribution in [0.2, 0.25) is 10.0 Å². The number of halogens is 2. The van der Waals surface area contributed by atoms with Crippen LogP contribution in [0, 0.1) is 0 Å². The number of hydrazone groups is 1. The van der Waals surface area contributed by atoms with Gasteiger partial charge in [-0.25, -0.2) is 0 Å². The van der Waals surface area contributed by atoms with Crippen molar-refractivity contribution in [2.75, 3.05) is 5.01 Å². The van der Waals surface area contributed by atoms with E-state index in [-0.39, 0.29) is 5.91 Å². The van der Waals surface area contributed by atoms with Crippen molar-refractivity contribution >= 4 is 57.5 Å². The van der Waals surface area contributed by atoms with Crippen molar-refractivity contribution in [3.05, 3.63) is 106 Å². The Kier molecular flexibility index (Phi) is 5.33. The van der Waals surface area contributed by atoms with Gasteiger partial charge in [-0.2, -0.15) is 10.1 Å². The zero-order valence-corrected chi connectivity index (χ0v) is 18.8. The maximum Gasteiger partial charge on any atom is 0.280 e. The van der Waals surface area contributed by atoms with Crippen LogP contribution in [0.1, 0.15) is 18.1 Å². The molecule has 32 heavy (non-hydrogen) atoms. The minimum absolute atomic E-state index is 0.130. The summed E-state index contributed by atoms with van der Waals surface area (Å²) in [5.41, 5.74) is 5.12. The molecule has 5 rings (SSSR count). The fourth-order valence-electron chi connectivity index (χ4n) is 3.94. The third kappa shape index (κ3) is 3.72. The van der Waals surface area contributed by atoms with Crippen molar-refractivity contribution in [3.63, 3.8) is 0 Å². The first kappa shape index (κ1) is 20.6. The summed E-state index contributed by atoms with van der Waals surface area (Å²) in [7, 11) is 0. The topological polar surface area (TPSA) is 37.6 Å². The van der Waals surface area contributed by atoms with Crippen LogP contribution in [-0.4, -0.2) is 16.2 Å². The van der Waals surface area contributed by atoms with Crippen molar-refractivity contribution in [1.29, 1.82) is 0 Å². The fraction of sp³-hybridized carbons (Fsp3) is 0.0769. The van der Waals surface area contributed by atoms with Crippen LogP contribution in [-0.2, 0) is 11.3 Å². The number of hydrogen-bond acceptors (Lipinski definition) is 2. The number of amides is 1. The molecule has 1 aliphatic rings. The summed E-state index contributed by atoms with van der Waals surface area (Å²) >= 11 is 12.3. The summed E-state index contributed by atoms with van der Waals surface area (Å²) in [4.78, 5) is 13.1. The molecule has 0 aliphatic carbocycles. The molecule has 0 bridgehead atoms. The Morgan fingerprint density at radius 3 is 2.47 bits per heavy atom. The molecule has 1 aromatic heterocycles. The van der Waals surface area contributed by atoms with E-state index in [1.807, 2.05) is 73.7 Å². The highest BCUT2D eigenvalue weighted by Gasteiger charge is 2.28. The van der Waals surface area contributed by atoms with Gasteiger partial charge in [0.25, 0.3) is 5.91 Å². The molecule has 0 saturated heterocycles. The highest BCUT2D eigenvalue weighted by atomic mass is 35.5. The third-order valence-electron chi connectivity index (χ3n) is 5.52. The standard InChI is InChI=1S/C26H19Cl2N3O/c1-17-22(26(32)31(29-17)20-7-3-2-4-8-20)14-19-16-30(25-10-6-5-9-21(19)25)15-18-11-12-23(27)24(28)13-18/h2-14,16H,15H2,1H3/b22-14+. The number of rotatable bonds is 4. The van der Waals surface area contributed by atoms with Gasteiger partial charge in [-0.1, -0.05) is 65.7 Å². The largest absolute Gasteiger partial charge is 0.342 e. The number of benzene rings is 3. The lowest BCUT2D eigenvalue weighted by atomic mass is 10.1. The van der Waals surface area contributed by atoms with Gasteiger partial charge in [0.15, 0.2) is 0 Å². The third-order valence-corrected chi connectivity index (χ3v) is 6.26. The molecule has 0 fully saturated rings. The van der Waals surface area contributed by atoms with Gasteiger partial charge in [0, 0.05) is 29.2 Å². The zero-order chi connectivity index (χ0) is 22.2. The van der Waals surface area contributed by atoms with Crippen LogP contribution in [0.4, 0.5) is 5.69 Å². The molecule has 0 radical (unpaired) electrons. The Morgan fingerprint density at radius 1 is 0.938 bits per heavy atom. The molecular formula is C26H19Cl2N3O. The summed E-state index contributed by atoms with van der Waals surface area (Å²) in [6, 6.07) is 23.3. The number of nitrogens with zero attached hydrogens (tertiary/aromatic N) is 3. The average molecular weight is 460 g/mol. The van der Waals surface area contributed by atoms with Crippen LogP contribution in [0.3, 0.4) is 0 Å². The van der Waals surface area contributed by atoms with E-state index in [2.05, 4.69) is 28.0 Å². The van der Waals surface area contributed by atoms with Gasteiger partial charge >= 0.3 is 0 Å². The molecule has 0 N–H and O–H groups in total. The number of hydrogen-bond donors (Lipinski definition) is 0. The highest BCUT2D eigenvalue weighted by molar-refractivity contribution is 6.42. The highest BCUT2D eigenvalue weighted by Crippen LogP contribution is 2.29. The Labute approximate surface area is 196 Å². The first-order chi connectivity index (χ1) is 15.5. The Hall–Kier alpha value is -3.34. The van der Waals surface area contributed by atoms with Crippen LogP contribution < -0.4 is 5.01 Å². The van der Waals surface area contributed by atoms with Crippen LogP contribution in [0.25, 0.3) is 17.0 Å². The second-order valence-corrected chi connectivity index (χ2v) is 8.49. The van der Waals surface area contributed by atoms with Crippen LogP contribution >= 0.6 is 23.2 Å². The summed E-state index contributed by atoms with van der Waals surface area (Å²) in [5.74, 6) is -0.130. The number of carbonyl (C=O) groups excluding carboxylic acids is 1. The molecule has 6 heteroatoms. The van der Waals surface area contributed by atoms with Crippen molar-refractivity contribution in [3.8, 4) is 0 Å². The summed E-state index contributed by atoms with van der Waals surface area (Å²) in [6.07, 6.45) is 3.99. The van der Waals surface area contributed by atoms with Crippen LogP contribution in [0.5, 0.6) is 0 Å². The predicted molar refractivity (Wildman–Crippen MR) is 133 cm³/mol. The molecular weight excluding hydrogens is 441 g/mol. The minimum atomic E-state index is -0.130. The Balaban J connectivity index is 1.54. The monoisotopic (exact) mass is 459 g/mol. The van der Waals surface area contributed by atoms with E-state index in [0.29, 0.717) is 27.9 Å². The minimum Gasteiger partial charge on any atom is -0.342 e. The van der Waals surface area contributed by atoms with E-state index in [1.165, 1.54) is 5.01 Å². The second-order valence-electron chi connectivity index (χ2n) is 7.67. The molecule has 3 aromatic carbocycles. The lowest BCUT2D eigenvalue weighted by molar-refractivity contribution is -0.114. The maximum atomic E-state index is 13.1. The van der Waals surface area contributed by atoms with Gasteiger partial charge in [0.2, 0.25) is 0 Å². The summed E-state index contributed by atoms with van der Waals surface area (Å²) < 4.78 is 2.15. The van der Waals surface area contributed by atoms with Gasteiger partial charge < -0.3 is 4.57 Å². The normalized spacial score (nSPS) is 15.1. The van der Waals surface area contributed by atoms with Crippen LogP contribution in [0.15, 0.2) is 89.7 Å². The molecule has 2 heterocycles. The first-order valence-electron chi connectivity index (χ1n) is 10.2. The molecule has 1 aliphatic heterocycles. The Morgan fingerprint density at radius 2 is 1.69 bits per heavy atom. The lowest BCUT2D eigenvalue weighted by Crippen LogP contribution is -2.21. The van der Waals surface area contributed by atoms with Gasteiger partial charge in [-0.05, 0) is 48.9 Å². The molecule has 4 nitrogen and oxygen atoms in total. The SMILES string of the molecule is CC1=NN(c2ccccc2)C(=O)/C1=C/c1cn(Cc2ccc(Cl)c(Cl)c2)c2ccccc12. The van der Waals surface area contributed by atoms with Gasteiger partial charge in [0.1, 0.15) is 0 Å². The number of aromatic nitrogens is 1.